The van der Waals surface area contributed by atoms with E-state index in [4.69, 9.17) is 0 Å². The molecule has 0 bridgehead atoms. The molecule has 2 aliphatic rings. The molecule has 7 heteroatoms. The molecule has 0 unspecified atom stereocenters. The first-order valence-electron chi connectivity index (χ1n) is 7.28. The van der Waals surface area contributed by atoms with Gasteiger partial charge in [-0.15, -0.1) is 11.8 Å². The number of nitrogens with zero attached hydrogens (tertiary/aromatic N) is 4. The monoisotopic (exact) mass is 308 g/mol. The van der Waals surface area contributed by atoms with Crippen LogP contribution in [0.5, 0.6) is 0 Å². The third-order valence-corrected chi connectivity index (χ3v) is 5.10. The van der Waals surface area contributed by atoms with E-state index >= 15 is 0 Å². The Morgan fingerprint density at radius 3 is 3.05 bits per heavy atom. The molecule has 3 rings (SSSR count). The van der Waals surface area contributed by atoms with Crippen LogP contribution in [0, 0.1) is 6.92 Å². The van der Waals surface area contributed by atoms with E-state index in [1.807, 2.05) is 18.0 Å². The van der Waals surface area contributed by atoms with E-state index in [0.717, 1.165) is 25.2 Å². The molecule has 2 amide bonds. The Kier molecular flexibility index (Phi) is 4.19. The smallest absolute Gasteiger partial charge is 0.242 e. The minimum absolute atomic E-state index is 0.0633. The molecule has 21 heavy (non-hydrogen) atoms. The molecule has 2 fully saturated rings. The first-order valence-corrected chi connectivity index (χ1v) is 8.43. The van der Waals surface area contributed by atoms with Gasteiger partial charge < -0.3 is 14.4 Å². The van der Waals surface area contributed by atoms with Gasteiger partial charge in [-0.3, -0.25) is 9.59 Å². The average Bonchev–Trinajstić information content (AvgIpc) is 3.08. The van der Waals surface area contributed by atoms with Gasteiger partial charge in [0.2, 0.25) is 11.8 Å². The van der Waals surface area contributed by atoms with Crippen LogP contribution in [0.15, 0.2) is 12.4 Å². The Morgan fingerprint density at radius 1 is 1.52 bits per heavy atom. The summed E-state index contributed by atoms with van der Waals surface area (Å²) in [5.41, 5.74) is 0. The number of imidazole rings is 1. The fourth-order valence-corrected chi connectivity index (χ4v) is 3.89. The van der Waals surface area contributed by atoms with Gasteiger partial charge in [0.15, 0.2) is 0 Å². The van der Waals surface area contributed by atoms with Gasteiger partial charge in [-0.2, -0.15) is 0 Å². The van der Waals surface area contributed by atoms with Crippen molar-refractivity contribution in [2.45, 2.75) is 25.8 Å². The second-order valence-corrected chi connectivity index (χ2v) is 6.54. The fourth-order valence-electron chi connectivity index (χ4n) is 2.99. The molecule has 2 aliphatic heterocycles. The number of carbonyl (C=O) groups is 2. The van der Waals surface area contributed by atoms with E-state index in [9.17, 15) is 9.59 Å². The lowest BCUT2D eigenvalue weighted by molar-refractivity contribution is -0.139. The van der Waals surface area contributed by atoms with E-state index in [0.29, 0.717) is 24.2 Å². The van der Waals surface area contributed by atoms with Crippen LogP contribution in [-0.2, 0) is 9.59 Å². The summed E-state index contributed by atoms with van der Waals surface area (Å²) in [5, 5.41) is 0. The number of amides is 2. The summed E-state index contributed by atoms with van der Waals surface area (Å²) in [4.78, 5) is 31.8. The molecule has 0 radical (unpaired) electrons. The normalized spacial score (nSPS) is 22.9. The van der Waals surface area contributed by atoms with Crippen LogP contribution >= 0.6 is 11.8 Å². The molecule has 2 saturated heterocycles. The Morgan fingerprint density at radius 2 is 2.38 bits per heavy atom. The lowest BCUT2D eigenvalue weighted by Crippen LogP contribution is -2.46. The number of piperidine rings is 1. The van der Waals surface area contributed by atoms with Gasteiger partial charge in [-0.1, -0.05) is 0 Å². The Hall–Kier alpha value is -1.50. The highest BCUT2D eigenvalue weighted by atomic mass is 32.2. The maximum Gasteiger partial charge on any atom is 0.242 e. The van der Waals surface area contributed by atoms with E-state index in [1.165, 1.54) is 0 Å². The number of rotatable bonds is 3. The largest absolute Gasteiger partial charge is 0.339 e. The maximum absolute atomic E-state index is 12.4. The molecule has 0 spiro atoms. The van der Waals surface area contributed by atoms with Crippen LogP contribution in [0.4, 0.5) is 0 Å². The molecular formula is C14H20N4O2S. The van der Waals surface area contributed by atoms with Crippen LogP contribution in [0.3, 0.4) is 0 Å². The highest BCUT2D eigenvalue weighted by Crippen LogP contribution is 2.23. The lowest BCUT2D eigenvalue weighted by atomic mass is 10.1. The van der Waals surface area contributed by atoms with E-state index in [-0.39, 0.29) is 18.4 Å². The Labute approximate surface area is 128 Å². The van der Waals surface area contributed by atoms with Gasteiger partial charge >= 0.3 is 0 Å². The van der Waals surface area contributed by atoms with Crippen molar-refractivity contribution in [3.05, 3.63) is 18.2 Å². The van der Waals surface area contributed by atoms with E-state index in [1.54, 1.807) is 22.9 Å². The minimum Gasteiger partial charge on any atom is -0.339 e. The fraction of sp³-hybridized carbons (Fsp3) is 0.643. The molecule has 0 N–H and O–H groups in total. The Balaban J connectivity index is 1.61. The SMILES string of the molecule is Cc1nccn1[C@H]1CCCN(C(=O)CN2CSCC2=O)C1. The first kappa shape index (κ1) is 14.4. The van der Waals surface area contributed by atoms with Crippen LogP contribution in [0.2, 0.25) is 0 Å². The molecule has 114 valence electrons. The van der Waals surface area contributed by atoms with Crippen molar-refractivity contribution in [2.24, 2.45) is 0 Å². The topological polar surface area (TPSA) is 58.4 Å². The highest BCUT2D eigenvalue weighted by molar-refractivity contribution is 8.00. The van der Waals surface area contributed by atoms with Crippen molar-refractivity contribution >= 4 is 23.6 Å². The van der Waals surface area contributed by atoms with Crippen molar-refractivity contribution in [3.63, 3.8) is 0 Å². The van der Waals surface area contributed by atoms with Crippen molar-refractivity contribution < 1.29 is 9.59 Å². The van der Waals surface area contributed by atoms with Gasteiger partial charge in [0, 0.05) is 25.5 Å². The number of carbonyl (C=O) groups excluding carboxylic acids is 2. The zero-order valence-corrected chi connectivity index (χ0v) is 13.0. The van der Waals surface area contributed by atoms with Crippen LogP contribution in [0.1, 0.15) is 24.7 Å². The van der Waals surface area contributed by atoms with Crippen molar-refractivity contribution in [1.29, 1.82) is 0 Å². The first-order chi connectivity index (χ1) is 10.1. The zero-order chi connectivity index (χ0) is 14.8. The molecule has 1 aromatic rings. The second kappa shape index (κ2) is 6.09. The van der Waals surface area contributed by atoms with E-state index in [2.05, 4.69) is 9.55 Å². The highest BCUT2D eigenvalue weighted by Gasteiger charge is 2.29. The average molecular weight is 308 g/mol. The minimum atomic E-state index is 0.0633. The van der Waals surface area contributed by atoms with Gasteiger partial charge in [-0.05, 0) is 19.8 Å². The van der Waals surface area contributed by atoms with E-state index < -0.39 is 0 Å². The quantitative estimate of drug-likeness (QED) is 0.832. The standard InChI is InChI=1S/C14H20N4O2S/c1-11-15-4-6-18(11)12-3-2-5-16(7-12)13(19)8-17-10-21-9-14(17)20/h4,6,12H,2-3,5,7-10H2,1H3/t12-/m0/s1. The number of likely N-dealkylation sites (tertiary alicyclic amines) is 1. The van der Waals surface area contributed by atoms with Crippen LogP contribution in [0.25, 0.3) is 0 Å². The summed E-state index contributed by atoms with van der Waals surface area (Å²) in [7, 11) is 0. The summed E-state index contributed by atoms with van der Waals surface area (Å²) in [5.74, 6) is 2.27. The van der Waals surface area contributed by atoms with Crippen molar-refractivity contribution in [1.82, 2.24) is 19.4 Å². The molecule has 3 heterocycles. The molecule has 6 nitrogen and oxygen atoms in total. The molecule has 0 aromatic carbocycles. The van der Waals surface area contributed by atoms with Gasteiger partial charge in [0.25, 0.3) is 0 Å². The van der Waals surface area contributed by atoms with Gasteiger partial charge in [-0.25, -0.2) is 4.98 Å². The van der Waals surface area contributed by atoms with Gasteiger partial charge in [0.1, 0.15) is 12.4 Å². The number of aromatic nitrogens is 2. The molecule has 0 aliphatic carbocycles. The number of thioether (sulfide) groups is 1. The predicted molar refractivity (Wildman–Crippen MR) is 80.9 cm³/mol. The van der Waals surface area contributed by atoms with Crippen molar-refractivity contribution in [2.75, 3.05) is 31.3 Å². The summed E-state index contributed by atoms with van der Waals surface area (Å²) in [6, 6.07) is 0.300. The molecular weight excluding hydrogens is 288 g/mol. The van der Waals surface area contributed by atoms with Crippen molar-refractivity contribution in [3.8, 4) is 0 Å². The third-order valence-electron chi connectivity index (χ3n) is 4.16. The summed E-state index contributed by atoms with van der Waals surface area (Å²) < 4.78 is 2.15. The summed E-state index contributed by atoms with van der Waals surface area (Å²) >= 11 is 1.57. The third kappa shape index (κ3) is 3.07. The number of aryl methyl sites for hydroxylation is 1. The second-order valence-electron chi connectivity index (χ2n) is 5.59. The predicted octanol–water partition coefficient (Wildman–Crippen LogP) is 0.888. The molecule has 0 saturated carbocycles. The lowest BCUT2D eigenvalue weighted by Gasteiger charge is -2.34. The Bertz CT molecular complexity index is 545. The van der Waals surface area contributed by atoms with Gasteiger partial charge in [0.05, 0.1) is 17.7 Å². The maximum atomic E-state index is 12.4. The van der Waals surface area contributed by atoms with Crippen LogP contribution in [-0.4, -0.2) is 62.4 Å². The molecule has 1 atom stereocenters. The number of hydrogen-bond donors (Lipinski definition) is 0. The zero-order valence-electron chi connectivity index (χ0n) is 12.2. The molecule has 1 aromatic heterocycles. The summed E-state index contributed by atoms with van der Waals surface area (Å²) in [6.07, 6.45) is 5.85. The summed E-state index contributed by atoms with van der Waals surface area (Å²) in [6.45, 7) is 3.71. The number of hydrogen-bond acceptors (Lipinski definition) is 4. The van der Waals surface area contributed by atoms with Crippen LogP contribution < -0.4 is 0 Å².